The van der Waals surface area contributed by atoms with E-state index in [1.54, 1.807) is 12.1 Å². The van der Waals surface area contributed by atoms with Crippen LogP contribution >= 0.6 is 0 Å². The lowest BCUT2D eigenvalue weighted by Crippen LogP contribution is -2.48. The zero-order chi connectivity index (χ0) is 17.0. The lowest BCUT2D eigenvalue weighted by atomic mass is 10.1. The number of piperazine rings is 1. The Balaban J connectivity index is 1.98. The normalized spacial score (nSPS) is 17.2. The molecule has 23 heavy (non-hydrogen) atoms. The third kappa shape index (κ3) is 5.11. The summed E-state index contributed by atoms with van der Waals surface area (Å²) in [7, 11) is 1.50. The first-order chi connectivity index (χ1) is 10.8. The van der Waals surface area contributed by atoms with Gasteiger partial charge >= 0.3 is 12.1 Å². The van der Waals surface area contributed by atoms with Crippen LogP contribution in [0.5, 0.6) is 5.75 Å². The largest absolute Gasteiger partial charge is 0.496 e. The molecule has 1 fully saturated rings. The monoisotopic (exact) mass is 332 g/mol. The number of carbonyl (C=O) groups is 1. The molecule has 0 radical (unpaired) electrons. The van der Waals surface area contributed by atoms with Gasteiger partial charge in [-0.3, -0.25) is 9.80 Å². The van der Waals surface area contributed by atoms with Crippen molar-refractivity contribution in [1.29, 1.82) is 0 Å². The molecule has 1 N–H and O–H groups in total. The van der Waals surface area contributed by atoms with E-state index < -0.39 is 18.7 Å². The topological polar surface area (TPSA) is 53.0 Å². The second-order valence-corrected chi connectivity index (χ2v) is 5.50. The van der Waals surface area contributed by atoms with E-state index in [0.717, 1.165) is 5.56 Å². The van der Waals surface area contributed by atoms with Crippen LogP contribution in [0.15, 0.2) is 18.2 Å². The number of carboxylic acid groups (broad SMARTS) is 1. The van der Waals surface area contributed by atoms with E-state index in [0.29, 0.717) is 38.5 Å². The summed E-state index contributed by atoms with van der Waals surface area (Å²) in [6, 6.07) is 4.61. The second-order valence-electron chi connectivity index (χ2n) is 5.50. The van der Waals surface area contributed by atoms with E-state index in [9.17, 15) is 18.0 Å². The number of halogens is 3. The number of benzene rings is 1. The van der Waals surface area contributed by atoms with Gasteiger partial charge in [0.2, 0.25) is 0 Å². The summed E-state index contributed by atoms with van der Waals surface area (Å²) in [5.74, 6) is -0.448. The van der Waals surface area contributed by atoms with Crippen LogP contribution in [0.3, 0.4) is 0 Å². The van der Waals surface area contributed by atoms with Crippen molar-refractivity contribution in [3.8, 4) is 5.75 Å². The maximum absolute atomic E-state index is 12.4. The van der Waals surface area contributed by atoms with Crippen LogP contribution in [0.25, 0.3) is 0 Å². The Bertz CT molecular complexity index is 555. The Kier molecular flexibility index (Phi) is 5.48. The first-order valence-corrected chi connectivity index (χ1v) is 7.20. The molecule has 1 saturated heterocycles. The van der Waals surface area contributed by atoms with Crippen molar-refractivity contribution in [3.63, 3.8) is 0 Å². The van der Waals surface area contributed by atoms with Gasteiger partial charge in [-0.05, 0) is 18.2 Å². The number of alkyl halides is 3. The van der Waals surface area contributed by atoms with E-state index in [4.69, 9.17) is 9.84 Å². The van der Waals surface area contributed by atoms with E-state index in [1.165, 1.54) is 18.1 Å². The molecule has 8 heteroatoms. The Labute approximate surface area is 132 Å². The van der Waals surface area contributed by atoms with Crippen molar-refractivity contribution in [1.82, 2.24) is 9.80 Å². The van der Waals surface area contributed by atoms with E-state index in [2.05, 4.69) is 0 Å². The predicted molar refractivity (Wildman–Crippen MR) is 77.7 cm³/mol. The highest BCUT2D eigenvalue weighted by Crippen LogP contribution is 2.23. The Morgan fingerprint density at radius 2 is 1.83 bits per heavy atom. The summed E-state index contributed by atoms with van der Waals surface area (Å²) in [5.41, 5.74) is 0.883. The molecule has 1 aliphatic rings. The molecule has 1 aliphatic heterocycles. The lowest BCUT2D eigenvalue weighted by molar-refractivity contribution is -0.149. The zero-order valence-electron chi connectivity index (χ0n) is 12.8. The predicted octanol–water partition coefficient (Wildman–Crippen LogP) is 2.07. The molecule has 1 heterocycles. The fourth-order valence-corrected chi connectivity index (χ4v) is 2.64. The van der Waals surface area contributed by atoms with Gasteiger partial charge in [-0.1, -0.05) is 0 Å². The highest BCUT2D eigenvalue weighted by Gasteiger charge is 2.32. The maximum Gasteiger partial charge on any atom is 0.401 e. The van der Waals surface area contributed by atoms with Crippen molar-refractivity contribution >= 4 is 5.97 Å². The molecule has 0 unspecified atom stereocenters. The van der Waals surface area contributed by atoms with Gasteiger partial charge in [-0.2, -0.15) is 13.2 Å². The van der Waals surface area contributed by atoms with Crippen LogP contribution in [0.1, 0.15) is 15.9 Å². The van der Waals surface area contributed by atoms with Crippen LogP contribution in [-0.2, 0) is 6.54 Å². The summed E-state index contributed by atoms with van der Waals surface area (Å²) in [5, 5.41) is 9.05. The molecule has 0 aromatic heterocycles. The van der Waals surface area contributed by atoms with Crippen molar-refractivity contribution < 1.29 is 27.8 Å². The average Bonchev–Trinajstić information content (AvgIpc) is 2.47. The number of methoxy groups -OCH3 is 1. The molecule has 0 saturated carbocycles. The molecule has 0 bridgehead atoms. The number of rotatable bonds is 5. The number of nitrogens with zero attached hydrogens (tertiary/aromatic N) is 2. The first-order valence-electron chi connectivity index (χ1n) is 7.20. The summed E-state index contributed by atoms with van der Waals surface area (Å²) in [4.78, 5) is 14.4. The van der Waals surface area contributed by atoms with Crippen LogP contribution in [0.2, 0.25) is 0 Å². The summed E-state index contributed by atoms with van der Waals surface area (Å²) in [6.07, 6.45) is -4.18. The second kappa shape index (κ2) is 7.18. The molecule has 1 aromatic rings. The van der Waals surface area contributed by atoms with Gasteiger partial charge in [-0.25, -0.2) is 4.79 Å². The van der Waals surface area contributed by atoms with Gasteiger partial charge < -0.3 is 9.84 Å². The molecular formula is C15H19F3N2O3. The third-order valence-electron chi connectivity index (χ3n) is 3.79. The standard InChI is InChI=1S/C15H19F3N2O3/c1-23-13-3-2-11(14(21)22)8-12(13)9-19-4-6-20(7-5-19)10-15(16,17)18/h2-3,8H,4-7,9-10H2,1H3,(H,21,22). The van der Waals surface area contributed by atoms with Crippen molar-refractivity contribution in [2.75, 3.05) is 39.8 Å². The number of carboxylic acids is 1. The van der Waals surface area contributed by atoms with Gasteiger partial charge in [0.05, 0.1) is 19.2 Å². The van der Waals surface area contributed by atoms with Crippen LogP contribution in [-0.4, -0.2) is 66.9 Å². The Morgan fingerprint density at radius 3 is 2.35 bits per heavy atom. The van der Waals surface area contributed by atoms with Gasteiger partial charge in [0.25, 0.3) is 0 Å². The fraction of sp³-hybridized carbons (Fsp3) is 0.533. The minimum atomic E-state index is -4.18. The zero-order valence-corrected chi connectivity index (χ0v) is 12.8. The number of hydrogen-bond acceptors (Lipinski definition) is 4. The summed E-state index contributed by atoms with van der Waals surface area (Å²) >= 11 is 0. The SMILES string of the molecule is COc1ccc(C(=O)O)cc1CN1CCN(CC(F)(F)F)CC1. The molecular weight excluding hydrogens is 313 g/mol. The number of aromatic carboxylic acids is 1. The molecule has 2 rings (SSSR count). The van der Waals surface area contributed by atoms with Gasteiger partial charge in [0, 0.05) is 38.3 Å². The van der Waals surface area contributed by atoms with E-state index in [1.807, 2.05) is 4.90 Å². The Hall–Kier alpha value is -1.80. The van der Waals surface area contributed by atoms with Gasteiger partial charge in [-0.15, -0.1) is 0 Å². The summed E-state index contributed by atoms with van der Waals surface area (Å²) < 4.78 is 42.4. The molecule has 0 aliphatic carbocycles. The molecule has 5 nitrogen and oxygen atoms in total. The molecule has 0 atom stereocenters. The third-order valence-corrected chi connectivity index (χ3v) is 3.79. The fourth-order valence-electron chi connectivity index (χ4n) is 2.64. The minimum absolute atomic E-state index is 0.163. The van der Waals surface area contributed by atoms with Crippen molar-refractivity contribution in [3.05, 3.63) is 29.3 Å². The van der Waals surface area contributed by atoms with Crippen LogP contribution in [0, 0.1) is 0 Å². The van der Waals surface area contributed by atoms with E-state index >= 15 is 0 Å². The molecule has 1 aromatic carbocycles. The number of hydrogen-bond donors (Lipinski definition) is 1. The lowest BCUT2D eigenvalue weighted by Gasteiger charge is -2.35. The smallest absolute Gasteiger partial charge is 0.401 e. The van der Waals surface area contributed by atoms with Gasteiger partial charge in [0.1, 0.15) is 5.75 Å². The minimum Gasteiger partial charge on any atom is -0.496 e. The van der Waals surface area contributed by atoms with Crippen molar-refractivity contribution in [2.45, 2.75) is 12.7 Å². The first kappa shape index (κ1) is 17.6. The van der Waals surface area contributed by atoms with Crippen molar-refractivity contribution in [2.24, 2.45) is 0 Å². The maximum atomic E-state index is 12.4. The van der Waals surface area contributed by atoms with E-state index in [-0.39, 0.29) is 5.56 Å². The van der Waals surface area contributed by atoms with Crippen LogP contribution < -0.4 is 4.74 Å². The average molecular weight is 332 g/mol. The quantitative estimate of drug-likeness (QED) is 0.895. The summed E-state index contributed by atoms with van der Waals surface area (Å²) in [6.45, 7) is 1.22. The van der Waals surface area contributed by atoms with Gasteiger partial charge in [0.15, 0.2) is 0 Å². The molecule has 0 amide bonds. The number of ether oxygens (including phenoxy) is 1. The Morgan fingerprint density at radius 1 is 1.22 bits per heavy atom. The highest BCUT2D eigenvalue weighted by atomic mass is 19.4. The molecule has 128 valence electrons. The molecule has 0 spiro atoms. The highest BCUT2D eigenvalue weighted by molar-refractivity contribution is 5.88. The van der Waals surface area contributed by atoms with Crippen LogP contribution in [0.4, 0.5) is 13.2 Å².